The summed E-state index contributed by atoms with van der Waals surface area (Å²) in [7, 11) is 1.23. The Morgan fingerprint density at radius 1 is 1.18 bits per heavy atom. The fourth-order valence-corrected chi connectivity index (χ4v) is 5.29. The van der Waals surface area contributed by atoms with E-state index in [0.29, 0.717) is 11.1 Å². The number of phenolic OH excluding ortho intramolecular Hbond substituents is 1. The first kappa shape index (κ1) is 27.2. The maximum Gasteiger partial charge on any atom is 0.338 e. The van der Waals surface area contributed by atoms with Crippen molar-refractivity contribution in [2.24, 2.45) is 4.99 Å². The van der Waals surface area contributed by atoms with E-state index in [9.17, 15) is 34.9 Å². The Balaban J connectivity index is 2.00. The quantitative estimate of drug-likeness (QED) is 0.261. The lowest BCUT2D eigenvalue weighted by Gasteiger charge is -2.24. The molecule has 1 atom stereocenters. The highest BCUT2D eigenvalue weighted by Gasteiger charge is 2.34. The number of benzene rings is 2. The molecule has 0 saturated heterocycles. The third kappa shape index (κ3) is 4.88. The van der Waals surface area contributed by atoms with Gasteiger partial charge in [-0.1, -0.05) is 23.5 Å². The van der Waals surface area contributed by atoms with Crippen LogP contribution in [0.1, 0.15) is 36.6 Å². The van der Waals surface area contributed by atoms with E-state index in [1.54, 1.807) is 26.8 Å². The van der Waals surface area contributed by atoms with Crippen molar-refractivity contribution in [3.63, 3.8) is 0 Å². The zero-order valence-electron chi connectivity index (χ0n) is 21.2. The molecule has 0 bridgehead atoms. The molecular formula is C25H22N4O9S. The van der Waals surface area contributed by atoms with Crippen LogP contribution in [-0.2, 0) is 9.53 Å². The summed E-state index contributed by atoms with van der Waals surface area (Å²) in [6.45, 7) is 4.83. The van der Waals surface area contributed by atoms with E-state index < -0.39 is 38.9 Å². The van der Waals surface area contributed by atoms with E-state index in [1.807, 2.05) is 0 Å². The second kappa shape index (κ2) is 10.5. The summed E-state index contributed by atoms with van der Waals surface area (Å²) in [6.07, 6.45) is 1.37. The first-order chi connectivity index (χ1) is 18.5. The van der Waals surface area contributed by atoms with Crippen molar-refractivity contribution in [1.29, 1.82) is 0 Å². The summed E-state index contributed by atoms with van der Waals surface area (Å²) >= 11 is 0.967. The predicted molar refractivity (Wildman–Crippen MR) is 140 cm³/mol. The number of nitro benzene ring substituents is 2. The van der Waals surface area contributed by atoms with E-state index in [-0.39, 0.29) is 44.2 Å². The van der Waals surface area contributed by atoms with Crippen LogP contribution >= 0.6 is 11.3 Å². The van der Waals surface area contributed by atoms with Crippen LogP contribution in [0.5, 0.6) is 11.5 Å². The van der Waals surface area contributed by atoms with Gasteiger partial charge in [0.1, 0.15) is 0 Å². The molecule has 0 unspecified atom stereocenters. The molecule has 0 amide bonds. The number of phenols is 1. The summed E-state index contributed by atoms with van der Waals surface area (Å²) in [6, 6.07) is 5.77. The standard InChI is InChI=1S/C25H22N4O9S/c1-5-38-24(32)20-13(3)26-25-27(21(20)15-7-6-12(2)16(11-15)28(33)34)23(31)19(39-25)10-14-8-17(29(35)36)22(30)18(9-14)37-4/h6-11,21,30H,5H2,1-4H3/b19-10+/t21-/m1/s1. The zero-order chi connectivity index (χ0) is 28.6. The van der Waals surface area contributed by atoms with Gasteiger partial charge in [0.25, 0.3) is 11.2 Å². The molecule has 2 heterocycles. The molecule has 202 valence electrons. The van der Waals surface area contributed by atoms with Crippen LogP contribution in [0.3, 0.4) is 0 Å². The van der Waals surface area contributed by atoms with Gasteiger partial charge in [0, 0.05) is 17.7 Å². The van der Waals surface area contributed by atoms with Crippen molar-refractivity contribution in [1.82, 2.24) is 4.57 Å². The summed E-state index contributed by atoms with van der Waals surface area (Å²) < 4.78 is 11.6. The number of methoxy groups -OCH3 is 1. The summed E-state index contributed by atoms with van der Waals surface area (Å²) in [5, 5.41) is 33.1. The highest BCUT2D eigenvalue weighted by molar-refractivity contribution is 7.07. The van der Waals surface area contributed by atoms with Gasteiger partial charge >= 0.3 is 11.7 Å². The van der Waals surface area contributed by atoms with Crippen LogP contribution in [0.25, 0.3) is 6.08 Å². The molecule has 1 aliphatic rings. The third-order valence-corrected chi connectivity index (χ3v) is 7.04. The van der Waals surface area contributed by atoms with E-state index >= 15 is 0 Å². The Bertz CT molecular complexity index is 1750. The molecule has 0 spiro atoms. The largest absolute Gasteiger partial charge is 0.500 e. The molecule has 39 heavy (non-hydrogen) atoms. The number of nitrogens with zero attached hydrogens (tertiary/aromatic N) is 4. The highest BCUT2D eigenvalue weighted by atomic mass is 32.1. The smallest absolute Gasteiger partial charge is 0.338 e. The van der Waals surface area contributed by atoms with Crippen molar-refractivity contribution in [3.8, 4) is 11.5 Å². The number of aromatic hydroxyl groups is 1. The Kier molecular flexibility index (Phi) is 7.31. The minimum Gasteiger partial charge on any atom is -0.500 e. The number of carbonyl (C=O) groups is 1. The Labute approximate surface area is 223 Å². The van der Waals surface area contributed by atoms with E-state index in [1.165, 1.54) is 36.0 Å². The molecule has 1 N–H and O–H groups in total. The first-order valence-electron chi connectivity index (χ1n) is 11.5. The molecule has 4 rings (SSSR count). The van der Waals surface area contributed by atoms with Gasteiger partial charge in [-0.3, -0.25) is 29.6 Å². The number of hydrogen-bond donors (Lipinski definition) is 1. The number of allylic oxidation sites excluding steroid dienone is 1. The van der Waals surface area contributed by atoms with Crippen LogP contribution in [0, 0.1) is 27.2 Å². The average molecular weight is 555 g/mol. The fraction of sp³-hybridized carbons (Fsp3) is 0.240. The molecule has 14 heteroatoms. The highest BCUT2D eigenvalue weighted by Crippen LogP contribution is 2.37. The third-order valence-electron chi connectivity index (χ3n) is 6.05. The van der Waals surface area contributed by atoms with Gasteiger partial charge in [-0.05, 0) is 44.0 Å². The van der Waals surface area contributed by atoms with E-state index in [2.05, 4.69) is 4.99 Å². The lowest BCUT2D eigenvalue weighted by molar-refractivity contribution is -0.386. The van der Waals surface area contributed by atoms with Crippen LogP contribution in [0.2, 0.25) is 0 Å². The molecule has 0 aliphatic carbocycles. The van der Waals surface area contributed by atoms with Gasteiger partial charge in [-0.15, -0.1) is 0 Å². The predicted octanol–water partition coefficient (Wildman–Crippen LogP) is 2.64. The zero-order valence-corrected chi connectivity index (χ0v) is 22.0. The number of esters is 1. The minimum absolute atomic E-state index is 0.0518. The molecule has 2 aromatic carbocycles. The number of aromatic nitrogens is 1. The molecule has 0 saturated carbocycles. The van der Waals surface area contributed by atoms with Crippen LogP contribution in [0.15, 0.2) is 51.4 Å². The van der Waals surface area contributed by atoms with Gasteiger partial charge < -0.3 is 14.6 Å². The lowest BCUT2D eigenvalue weighted by atomic mass is 9.94. The first-order valence-corrected chi connectivity index (χ1v) is 12.3. The molecule has 1 aromatic heterocycles. The maximum atomic E-state index is 13.7. The van der Waals surface area contributed by atoms with Gasteiger partial charge in [-0.25, -0.2) is 9.79 Å². The number of rotatable bonds is 7. The minimum atomic E-state index is -1.08. The summed E-state index contributed by atoms with van der Waals surface area (Å²) in [5.41, 5.74) is -0.153. The second-order valence-electron chi connectivity index (χ2n) is 8.45. The molecule has 3 aromatic rings. The monoisotopic (exact) mass is 554 g/mol. The van der Waals surface area contributed by atoms with E-state index in [0.717, 1.165) is 17.4 Å². The van der Waals surface area contributed by atoms with Gasteiger partial charge in [0.2, 0.25) is 5.75 Å². The number of fused-ring (bicyclic) bond motifs is 1. The van der Waals surface area contributed by atoms with Crippen molar-refractivity contribution in [2.45, 2.75) is 26.8 Å². The topological polar surface area (TPSA) is 176 Å². The maximum absolute atomic E-state index is 13.7. The fourth-order valence-electron chi connectivity index (χ4n) is 4.24. The number of hydrogen-bond acceptors (Lipinski definition) is 11. The van der Waals surface area contributed by atoms with Crippen LogP contribution in [-0.4, -0.2) is 39.2 Å². The molecule has 0 fully saturated rings. The van der Waals surface area contributed by atoms with Crippen LogP contribution in [0.4, 0.5) is 11.4 Å². The Morgan fingerprint density at radius 2 is 1.87 bits per heavy atom. The second-order valence-corrected chi connectivity index (χ2v) is 9.46. The molecular weight excluding hydrogens is 532 g/mol. The van der Waals surface area contributed by atoms with Crippen LogP contribution < -0.4 is 19.6 Å². The van der Waals surface area contributed by atoms with Crippen molar-refractivity contribution in [3.05, 3.63) is 98.2 Å². The molecule has 13 nitrogen and oxygen atoms in total. The number of thiazole rings is 1. The van der Waals surface area contributed by atoms with Crippen molar-refractivity contribution >= 4 is 34.8 Å². The number of ether oxygens (including phenoxy) is 2. The molecule has 1 aliphatic heterocycles. The SMILES string of the molecule is CCOC(=O)C1=C(C)N=c2s/c(=C/c3cc(OC)c(O)c([N+](=O)[O-])c3)c(=O)n2[C@@H]1c1ccc(C)c([N+](=O)[O-])c1. The van der Waals surface area contributed by atoms with Crippen molar-refractivity contribution in [2.75, 3.05) is 13.7 Å². The summed E-state index contributed by atoms with van der Waals surface area (Å²) in [5.74, 6) is -1.54. The number of aryl methyl sites for hydroxylation is 1. The number of nitro groups is 2. The summed E-state index contributed by atoms with van der Waals surface area (Å²) in [4.78, 5) is 53.1. The van der Waals surface area contributed by atoms with Gasteiger partial charge in [-0.2, -0.15) is 0 Å². The van der Waals surface area contributed by atoms with Gasteiger partial charge in [0.15, 0.2) is 10.6 Å². The molecule has 0 radical (unpaired) electrons. The van der Waals surface area contributed by atoms with Crippen molar-refractivity contribution < 1.29 is 29.2 Å². The lowest BCUT2D eigenvalue weighted by Crippen LogP contribution is -2.40. The van der Waals surface area contributed by atoms with E-state index in [4.69, 9.17) is 9.47 Å². The Morgan fingerprint density at radius 3 is 2.49 bits per heavy atom. The number of carbonyl (C=O) groups excluding carboxylic acids is 1. The average Bonchev–Trinajstić information content (AvgIpc) is 3.18. The van der Waals surface area contributed by atoms with Gasteiger partial charge in [0.05, 0.1) is 45.4 Å². The Hall–Kier alpha value is -4.85. The normalized spacial score (nSPS) is 15.0.